The Hall–Kier alpha value is -4.20. The first-order chi connectivity index (χ1) is 24.8. The number of fused-ring (bicyclic) bond motifs is 2. The van der Waals surface area contributed by atoms with Gasteiger partial charge in [-0.2, -0.15) is 0 Å². The first-order valence-electron chi connectivity index (χ1n) is 18.6. The topological polar surface area (TPSA) is 26.3 Å². The molecule has 0 N–H and O–H groups in total. The van der Waals surface area contributed by atoms with Crippen LogP contribution in [0.5, 0.6) is 0 Å². The van der Waals surface area contributed by atoms with Crippen LogP contribution in [-0.2, 0) is 23.2 Å². The quantitative estimate of drug-likeness (QED) is 0.140. The normalized spacial score (nSPS) is 17.5. The van der Waals surface area contributed by atoms with Crippen molar-refractivity contribution in [2.45, 2.75) is 73.5 Å². The molecule has 0 radical (unpaired) electrons. The van der Waals surface area contributed by atoms with E-state index < -0.39 is 23.2 Å². The summed E-state index contributed by atoms with van der Waals surface area (Å²) in [6, 6.07) is 41.0. The van der Waals surface area contributed by atoms with Gasteiger partial charge in [-0.3, -0.25) is 0 Å². The second-order valence-electron chi connectivity index (χ2n) is 14.5. The standard InChI is InChI=1S/2C24H23O.Zr/c2*1-4-16(2)18-9-11-19(12-10-18)22-7-5-6-20-14-21(15-23(20)22)24-13-8-17(3)25-24;/h2*5-16H,4H2,1-3H3;. The molecule has 0 saturated carbocycles. The molecule has 8 rings (SSSR count). The van der Waals surface area contributed by atoms with Gasteiger partial charge in [0.1, 0.15) is 0 Å². The third-order valence-electron chi connectivity index (χ3n) is 11.3. The zero-order valence-electron chi connectivity index (χ0n) is 30.6. The third-order valence-corrected chi connectivity index (χ3v) is 16.0. The molecule has 0 saturated heterocycles. The maximum absolute atomic E-state index is 6.41. The van der Waals surface area contributed by atoms with Crippen LogP contribution in [0.15, 0.2) is 118 Å². The van der Waals surface area contributed by atoms with Crippen molar-refractivity contribution in [3.05, 3.63) is 166 Å². The number of hydrogen-bond acceptors (Lipinski definition) is 2. The van der Waals surface area contributed by atoms with E-state index in [0.717, 1.165) is 35.9 Å². The van der Waals surface area contributed by atoms with Gasteiger partial charge in [0.25, 0.3) is 0 Å². The van der Waals surface area contributed by atoms with Crippen LogP contribution in [0.2, 0.25) is 0 Å². The molecule has 51 heavy (non-hydrogen) atoms. The number of allylic oxidation sites excluding steroid dienone is 2. The molecule has 6 aromatic rings. The van der Waals surface area contributed by atoms with E-state index >= 15 is 0 Å². The van der Waals surface area contributed by atoms with Crippen LogP contribution in [0.1, 0.15) is 116 Å². The molecule has 2 aliphatic rings. The molecule has 2 heterocycles. The van der Waals surface area contributed by atoms with Crippen LogP contribution in [0.4, 0.5) is 0 Å². The van der Waals surface area contributed by atoms with Gasteiger partial charge in [0.15, 0.2) is 0 Å². The average molecular weight is 746 g/mol. The van der Waals surface area contributed by atoms with E-state index in [4.69, 9.17) is 8.83 Å². The molecule has 3 heteroatoms. The summed E-state index contributed by atoms with van der Waals surface area (Å²) >= 11 is -1.31. The predicted molar refractivity (Wildman–Crippen MR) is 209 cm³/mol. The molecule has 2 aromatic heterocycles. The SMILES string of the molecule is CCC(C)c1ccc(-c2cccc3c2C=C(c2ccc(C)o2)[CH]3[Zr][CH]2C(c3ccc(C)o3)=Cc3c(-c4ccc(C(C)CC)cc4)cccc32)cc1. The predicted octanol–water partition coefficient (Wildman–Crippen LogP) is 13.8. The van der Waals surface area contributed by atoms with Gasteiger partial charge in [0, 0.05) is 0 Å². The summed E-state index contributed by atoms with van der Waals surface area (Å²) < 4.78 is 13.5. The number of benzene rings is 4. The third kappa shape index (κ3) is 6.33. The van der Waals surface area contributed by atoms with E-state index in [1.165, 1.54) is 66.8 Å². The van der Waals surface area contributed by atoms with Gasteiger partial charge in [-0.15, -0.1) is 0 Å². The monoisotopic (exact) mass is 744 g/mol. The Labute approximate surface area is 314 Å². The Bertz CT molecular complexity index is 2100. The molecule has 0 spiro atoms. The van der Waals surface area contributed by atoms with Crippen molar-refractivity contribution in [2.75, 3.05) is 0 Å². The molecule has 4 unspecified atom stereocenters. The van der Waals surface area contributed by atoms with Gasteiger partial charge in [-0.25, -0.2) is 0 Å². The zero-order chi connectivity index (χ0) is 35.2. The summed E-state index contributed by atoms with van der Waals surface area (Å²) in [5.74, 6) is 5.03. The molecule has 2 nitrogen and oxygen atoms in total. The molecular weight excluding hydrogens is 700 g/mol. The van der Waals surface area contributed by atoms with E-state index in [1.54, 1.807) is 0 Å². The van der Waals surface area contributed by atoms with Gasteiger partial charge in [0.2, 0.25) is 0 Å². The molecule has 4 atom stereocenters. The summed E-state index contributed by atoms with van der Waals surface area (Å²) in [4.78, 5) is 0. The zero-order valence-corrected chi connectivity index (χ0v) is 33.0. The summed E-state index contributed by atoms with van der Waals surface area (Å²) in [5, 5.41) is 0. The molecule has 0 aliphatic heterocycles. The Kier molecular flexibility index (Phi) is 9.37. The molecular formula is C48H46O2Zr. The van der Waals surface area contributed by atoms with Gasteiger partial charge in [-0.1, -0.05) is 0 Å². The van der Waals surface area contributed by atoms with E-state index in [2.05, 4.69) is 163 Å². The van der Waals surface area contributed by atoms with Crippen molar-refractivity contribution < 1.29 is 32.1 Å². The summed E-state index contributed by atoms with van der Waals surface area (Å²) in [6.07, 6.45) is 7.18. The van der Waals surface area contributed by atoms with Crippen molar-refractivity contribution in [2.24, 2.45) is 0 Å². The van der Waals surface area contributed by atoms with E-state index in [0.29, 0.717) is 19.1 Å². The van der Waals surface area contributed by atoms with Crippen molar-refractivity contribution in [3.8, 4) is 22.3 Å². The molecule has 0 fully saturated rings. The van der Waals surface area contributed by atoms with Crippen molar-refractivity contribution in [1.29, 1.82) is 0 Å². The van der Waals surface area contributed by atoms with Crippen LogP contribution in [-0.4, -0.2) is 0 Å². The average Bonchev–Trinajstić information content (AvgIpc) is 3.96. The maximum atomic E-state index is 6.41. The number of furan rings is 2. The number of rotatable bonds is 10. The fourth-order valence-corrected chi connectivity index (χ4v) is 12.8. The number of hydrogen-bond donors (Lipinski definition) is 0. The molecule has 0 bridgehead atoms. The second kappa shape index (κ2) is 14.1. The minimum atomic E-state index is -1.31. The van der Waals surface area contributed by atoms with Crippen LogP contribution in [0.3, 0.4) is 0 Å². The molecule has 4 aromatic carbocycles. The van der Waals surface area contributed by atoms with Crippen LogP contribution >= 0.6 is 0 Å². The Morgan fingerprint density at radius 3 is 1.29 bits per heavy atom. The van der Waals surface area contributed by atoms with Gasteiger partial charge >= 0.3 is 317 Å². The fraction of sp³-hybridized carbons (Fsp3) is 0.250. The Balaban J connectivity index is 1.23. The summed E-state index contributed by atoms with van der Waals surface area (Å²) in [6.45, 7) is 13.3. The van der Waals surface area contributed by atoms with Crippen molar-refractivity contribution in [3.63, 3.8) is 0 Å². The van der Waals surface area contributed by atoms with Gasteiger partial charge in [-0.05, 0) is 0 Å². The molecule has 0 amide bonds. The van der Waals surface area contributed by atoms with Crippen molar-refractivity contribution in [1.82, 2.24) is 0 Å². The Morgan fingerprint density at radius 1 is 0.529 bits per heavy atom. The molecule has 254 valence electrons. The van der Waals surface area contributed by atoms with Crippen LogP contribution in [0.25, 0.3) is 45.6 Å². The first-order valence-corrected chi connectivity index (χ1v) is 21.5. The van der Waals surface area contributed by atoms with E-state index in [1.807, 2.05) is 0 Å². The minimum absolute atomic E-state index is 0.322. The summed E-state index contributed by atoms with van der Waals surface area (Å²) in [7, 11) is 0. The molecule has 2 aliphatic carbocycles. The van der Waals surface area contributed by atoms with Crippen LogP contribution < -0.4 is 0 Å². The van der Waals surface area contributed by atoms with Crippen molar-refractivity contribution >= 4 is 23.3 Å². The van der Waals surface area contributed by atoms with Crippen LogP contribution in [0, 0.1) is 13.8 Å². The second-order valence-corrected chi connectivity index (χ2v) is 18.2. The number of aryl methyl sites for hydroxylation is 2. The van der Waals surface area contributed by atoms with E-state index in [-0.39, 0.29) is 0 Å². The first kappa shape index (κ1) is 33.9. The van der Waals surface area contributed by atoms with Gasteiger partial charge in [0.05, 0.1) is 0 Å². The van der Waals surface area contributed by atoms with E-state index in [9.17, 15) is 0 Å². The fourth-order valence-electron chi connectivity index (χ4n) is 7.89. The summed E-state index contributed by atoms with van der Waals surface area (Å²) in [5.41, 5.74) is 16.2. The van der Waals surface area contributed by atoms with Gasteiger partial charge < -0.3 is 0 Å². The Morgan fingerprint density at radius 2 is 0.941 bits per heavy atom.